The summed E-state index contributed by atoms with van der Waals surface area (Å²) < 4.78 is 0. The molecule has 2 amide bonds. The number of aromatic nitrogens is 2. The minimum atomic E-state index is -1.18. The van der Waals surface area contributed by atoms with Gasteiger partial charge in [0.15, 0.2) is 0 Å². The van der Waals surface area contributed by atoms with Crippen LogP contribution in [0.5, 0.6) is 0 Å². The van der Waals surface area contributed by atoms with E-state index in [0.717, 1.165) is 11.3 Å². The standard InChI is InChI=1S/C23H23ClN6O4/c24-21-27-17-15(19(28-21)29-9-10-30(22(33)34)14(12-29)6-8-25)5-7-23(18(17)31)11-13-3-1-2-4-16(13)26-20(23)32/h1-4,14,18,31H,5-7,9-12H2,(H,26,32)(H,33,34)/t14-,18?,23?/m0/s1. The molecule has 11 heteroatoms. The van der Waals surface area contributed by atoms with Crippen molar-refractivity contribution in [1.29, 1.82) is 5.26 Å². The van der Waals surface area contributed by atoms with E-state index >= 15 is 0 Å². The van der Waals surface area contributed by atoms with E-state index in [1.54, 1.807) is 0 Å². The van der Waals surface area contributed by atoms with Gasteiger partial charge in [-0.3, -0.25) is 4.79 Å². The fraction of sp³-hybridized carbons (Fsp3) is 0.435. The predicted molar refractivity (Wildman–Crippen MR) is 122 cm³/mol. The zero-order valence-corrected chi connectivity index (χ0v) is 19.0. The third-order valence-electron chi connectivity index (χ3n) is 7.17. The second-order valence-electron chi connectivity index (χ2n) is 8.96. The third kappa shape index (κ3) is 3.52. The SMILES string of the molecule is N#CC[C@H]1CN(c2nc(Cl)nc3c2CCC2(Cc4ccccc4NC2=O)C3O)CCN1C(=O)O. The lowest BCUT2D eigenvalue weighted by Crippen LogP contribution is -2.55. The first-order chi connectivity index (χ1) is 16.3. The van der Waals surface area contributed by atoms with Crippen LogP contribution in [0.25, 0.3) is 0 Å². The van der Waals surface area contributed by atoms with Gasteiger partial charge in [-0.2, -0.15) is 5.26 Å². The number of rotatable bonds is 2. The number of amides is 2. The van der Waals surface area contributed by atoms with Gasteiger partial charge in [0.2, 0.25) is 11.2 Å². The van der Waals surface area contributed by atoms with E-state index in [9.17, 15) is 25.1 Å². The van der Waals surface area contributed by atoms with E-state index in [1.807, 2.05) is 29.2 Å². The monoisotopic (exact) mass is 482 g/mol. The maximum absolute atomic E-state index is 13.2. The van der Waals surface area contributed by atoms with Crippen LogP contribution in [-0.2, 0) is 17.6 Å². The molecule has 34 heavy (non-hydrogen) atoms. The lowest BCUT2D eigenvalue weighted by atomic mass is 9.65. The highest BCUT2D eigenvalue weighted by Crippen LogP contribution is 2.50. The summed E-state index contributed by atoms with van der Waals surface area (Å²) in [6.07, 6.45) is -0.960. The molecule has 1 aliphatic carbocycles. The number of nitriles is 1. The molecule has 2 unspecified atom stereocenters. The van der Waals surface area contributed by atoms with Gasteiger partial charge < -0.3 is 25.3 Å². The Morgan fingerprint density at radius 2 is 2.12 bits per heavy atom. The number of fused-ring (bicyclic) bond motifs is 2. The molecule has 10 nitrogen and oxygen atoms in total. The van der Waals surface area contributed by atoms with Crippen LogP contribution in [-0.4, -0.2) is 62.8 Å². The van der Waals surface area contributed by atoms with Crippen molar-refractivity contribution in [1.82, 2.24) is 14.9 Å². The fourth-order valence-electron chi connectivity index (χ4n) is 5.40. The van der Waals surface area contributed by atoms with Gasteiger partial charge in [-0.05, 0) is 42.5 Å². The number of carbonyl (C=O) groups excluding carboxylic acids is 1. The summed E-state index contributed by atoms with van der Waals surface area (Å²) in [5.41, 5.74) is 1.66. The Kier molecular flexibility index (Phi) is 5.54. The first kappa shape index (κ1) is 22.4. The molecule has 0 bridgehead atoms. The van der Waals surface area contributed by atoms with Crippen LogP contribution in [0, 0.1) is 16.7 Å². The van der Waals surface area contributed by atoms with Crippen LogP contribution in [0.1, 0.15) is 35.8 Å². The lowest BCUT2D eigenvalue weighted by molar-refractivity contribution is -0.135. The molecule has 1 saturated heterocycles. The molecule has 0 radical (unpaired) electrons. The number of hydrogen-bond donors (Lipinski definition) is 3. The molecule has 0 saturated carbocycles. The Bertz CT molecular complexity index is 1220. The first-order valence-corrected chi connectivity index (χ1v) is 11.5. The Balaban J connectivity index is 1.50. The number of carbonyl (C=O) groups is 2. The molecule has 1 aromatic carbocycles. The molecule has 2 aromatic rings. The Labute approximate surface area is 200 Å². The molecule has 5 rings (SSSR count). The maximum Gasteiger partial charge on any atom is 0.407 e. The summed E-state index contributed by atoms with van der Waals surface area (Å²) in [6, 6.07) is 9.08. The van der Waals surface area contributed by atoms with Gasteiger partial charge in [0.1, 0.15) is 11.9 Å². The van der Waals surface area contributed by atoms with E-state index < -0.39 is 23.7 Å². The summed E-state index contributed by atoms with van der Waals surface area (Å²) >= 11 is 6.27. The second kappa shape index (κ2) is 8.42. The van der Waals surface area contributed by atoms with Crippen molar-refractivity contribution >= 4 is 35.1 Å². The fourth-order valence-corrected chi connectivity index (χ4v) is 5.57. The molecular weight excluding hydrogens is 460 g/mol. The van der Waals surface area contributed by atoms with Gasteiger partial charge in [-0.25, -0.2) is 14.8 Å². The minimum absolute atomic E-state index is 0.0507. The van der Waals surface area contributed by atoms with Crippen LogP contribution in [0.15, 0.2) is 24.3 Å². The number of carboxylic acid groups (broad SMARTS) is 1. The van der Waals surface area contributed by atoms with E-state index in [4.69, 9.17) is 11.6 Å². The highest BCUT2D eigenvalue weighted by molar-refractivity contribution is 6.28. The maximum atomic E-state index is 13.2. The number of anilines is 2. The van der Waals surface area contributed by atoms with Crippen molar-refractivity contribution in [3.05, 3.63) is 46.4 Å². The van der Waals surface area contributed by atoms with E-state index in [0.29, 0.717) is 42.9 Å². The van der Waals surface area contributed by atoms with Crippen LogP contribution >= 0.6 is 11.6 Å². The number of hydrogen-bond acceptors (Lipinski definition) is 7. The van der Waals surface area contributed by atoms with Gasteiger partial charge in [-0.1, -0.05) is 18.2 Å². The Morgan fingerprint density at radius 3 is 2.88 bits per heavy atom. The molecule has 2 aliphatic heterocycles. The number of halogens is 1. The van der Waals surface area contributed by atoms with Crippen LogP contribution in [0.3, 0.4) is 0 Å². The van der Waals surface area contributed by atoms with Gasteiger partial charge >= 0.3 is 6.09 Å². The van der Waals surface area contributed by atoms with Crippen molar-refractivity contribution in [2.24, 2.45) is 5.41 Å². The van der Waals surface area contributed by atoms with Gasteiger partial charge in [0, 0.05) is 30.9 Å². The van der Waals surface area contributed by atoms with Crippen molar-refractivity contribution in [2.45, 2.75) is 37.8 Å². The van der Waals surface area contributed by atoms with Crippen molar-refractivity contribution in [3.63, 3.8) is 0 Å². The summed E-state index contributed by atoms with van der Waals surface area (Å²) in [7, 11) is 0. The van der Waals surface area contributed by atoms with Gasteiger partial charge in [0.05, 0.1) is 29.6 Å². The van der Waals surface area contributed by atoms with E-state index in [-0.39, 0.29) is 30.7 Å². The third-order valence-corrected chi connectivity index (χ3v) is 7.34. The number of benzene rings is 1. The second-order valence-corrected chi connectivity index (χ2v) is 9.30. The van der Waals surface area contributed by atoms with Crippen LogP contribution < -0.4 is 10.2 Å². The molecule has 176 valence electrons. The van der Waals surface area contributed by atoms with Gasteiger partial charge in [0.25, 0.3) is 0 Å². The van der Waals surface area contributed by atoms with Gasteiger partial charge in [-0.15, -0.1) is 0 Å². The van der Waals surface area contributed by atoms with Crippen LogP contribution in [0.2, 0.25) is 5.28 Å². The number of nitrogens with one attached hydrogen (secondary N) is 1. The lowest BCUT2D eigenvalue weighted by Gasteiger charge is -2.45. The topological polar surface area (TPSA) is 143 Å². The normalized spacial score (nSPS) is 25.9. The largest absolute Gasteiger partial charge is 0.465 e. The smallest absolute Gasteiger partial charge is 0.407 e. The van der Waals surface area contributed by atoms with Crippen molar-refractivity contribution < 1.29 is 19.8 Å². The van der Waals surface area contributed by atoms with Crippen molar-refractivity contribution in [2.75, 3.05) is 29.9 Å². The van der Waals surface area contributed by atoms with E-state index in [2.05, 4.69) is 21.4 Å². The average molecular weight is 483 g/mol. The zero-order chi connectivity index (χ0) is 24.0. The first-order valence-electron chi connectivity index (χ1n) is 11.1. The summed E-state index contributed by atoms with van der Waals surface area (Å²) in [4.78, 5) is 36.7. The quantitative estimate of drug-likeness (QED) is 0.553. The number of aliphatic hydroxyl groups is 1. The summed E-state index contributed by atoms with van der Waals surface area (Å²) in [5.74, 6) is 0.276. The molecule has 3 atom stereocenters. The summed E-state index contributed by atoms with van der Waals surface area (Å²) in [5, 5.41) is 33.0. The molecule has 1 spiro atoms. The number of nitrogens with zero attached hydrogens (tertiary/aromatic N) is 5. The number of para-hydroxylation sites is 1. The zero-order valence-electron chi connectivity index (χ0n) is 18.2. The molecule has 3 aliphatic rings. The molecule has 1 fully saturated rings. The van der Waals surface area contributed by atoms with Crippen molar-refractivity contribution in [3.8, 4) is 6.07 Å². The molecule has 3 heterocycles. The molecule has 1 aromatic heterocycles. The predicted octanol–water partition coefficient (Wildman–Crippen LogP) is 2.37. The molecule has 3 N–H and O–H groups in total. The van der Waals surface area contributed by atoms with Crippen LogP contribution in [0.4, 0.5) is 16.3 Å². The molecular formula is C23H23ClN6O4. The highest BCUT2D eigenvalue weighted by Gasteiger charge is 2.52. The Hall–Kier alpha value is -3.42. The summed E-state index contributed by atoms with van der Waals surface area (Å²) in [6.45, 7) is 0.849. The average Bonchev–Trinajstić information content (AvgIpc) is 2.82. The van der Waals surface area contributed by atoms with E-state index in [1.165, 1.54) is 4.90 Å². The number of aliphatic hydroxyl groups excluding tert-OH is 1. The number of piperazine rings is 1. The minimum Gasteiger partial charge on any atom is -0.465 e. The Morgan fingerprint density at radius 1 is 1.32 bits per heavy atom. The highest BCUT2D eigenvalue weighted by atomic mass is 35.5.